The van der Waals surface area contributed by atoms with Crippen LogP contribution in [0.4, 0.5) is 0 Å². The Kier molecular flexibility index (Phi) is 8.24. The number of nitrogens with zero attached hydrogens (tertiary/aromatic N) is 4. The van der Waals surface area contributed by atoms with Gasteiger partial charge in [-0.15, -0.1) is 0 Å². The summed E-state index contributed by atoms with van der Waals surface area (Å²) in [7, 11) is 0. The Morgan fingerprint density at radius 3 is 1.85 bits per heavy atom. The monoisotopic (exact) mass is 857 g/mol. The van der Waals surface area contributed by atoms with Crippen LogP contribution in [0.2, 0.25) is 0 Å². The van der Waals surface area contributed by atoms with Gasteiger partial charge in [0.2, 0.25) is 0 Å². The van der Waals surface area contributed by atoms with Gasteiger partial charge in [0.15, 0.2) is 5.84 Å². The molecule has 0 amide bonds. The minimum absolute atomic E-state index is 0.465. The van der Waals surface area contributed by atoms with Crippen molar-refractivity contribution in [3.05, 3.63) is 241 Å². The van der Waals surface area contributed by atoms with E-state index in [1.165, 1.54) is 27.1 Å². The molecule has 1 N–H and O–H groups in total. The van der Waals surface area contributed by atoms with E-state index in [0.717, 1.165) is 88.4 Å². The predicted molar refractivity (Wildman–Crippen MR) is 277 cm³/mol. The van der Waals surface area contributed by atoms with Crippen molar-refractivity contribution in [2.45, 2.75) is 6.17 Å². The summed E-state index contributed by atoms with van der Waals surface area (Å²) in [4.78, 5) is 11.1. The van der Waals surface area contributed by atoms with Gasteiger partial charge in [0, 0.05) is 49.3 Å². The molecule has 4 heterocycles. The van der Waals surface area contributed by atoms with E-state index in [1.807, 2.05) is 6.07 Å². The van der Waals surface area contributed by atoms with Crippen LogP contribution in [0, 0.1) is 0 Å². The van der Waals surface area contributed by atoms with Gasteiger partial charge in [-0.05, 0) is 88.1 Å². The molecule has 10 aromatic carbocycles. The smallest absolute Gasteiger partial charge is 0.160 e. The fraction of sp³-hybridized carbons (Fsp3) is 0.0164. The van der Waals surface area contributed by atoms with Crippen molar-refractivity contribution in [2.75, 3.05) is 0 Å². The Morgan fingerprint density at radius 2 is 1.04 bits per heavy atom. The van der Waals surface area contributed by atoms with Gasteiger partial charge in [0.25, 0.3) is 0 Å². The summed E-state index contributed by atoms with van der Waals surface area (Å²) in [6, 6.07) is 79.8. The maximum absolute atomic E-state index is 6.90. The summed E-state index contributed by atoms with van der Waals surface area (Å²) >= 11 is 0. The van der Waals surface area contributed by atoms with Crippen LogP contribution in [-0.2, 0) is 0 Å². The van der Waals surface area contributed by atoms with Crippen molar-refractivity contribution < 1.29 is 4.42 Å². The van der Waals surface area contributed by atoms with Crippen molar-refractivity contribution in [3.63, 3.8) is 0 Å². The standard InChI is InChI=1S/C61H39N5O/c1-3-16-38(17-4-1)39-30-32-40(33-31-39)59-62-60(48-25-15-28-54-57(48)47-24-10-13-27-53(47)65(54)43-20-5-2-6-21-43)64-61(63-59)51-37-44(36-50-46-23-11-14-29-56(46)67-58(50)51)66-52-26-12-9-22-45(52)49-34-41-18-7-8-19-42(41)35-55(49)66/h1-37,59H,(H,62,63,64). The number of furan rings is 1. The van der Waals surface area contributed by atoms with Crippen LogP contribution in [0.1, 0.15) is 22.9 Å². The van der Waals surface area contributed by atoms with E-state index in [9.17, 15) is 0 Å². The molecule has 13 aromatic rings. The molecule has 1 aliphatic heterocycles. The molecular weight excluding hydrogens is 819 g/mol. The Labute approximate surface area is 385 Å². The van der Waals surface area contributed by atoms with Crippen LogP contribution >= 0.6 is 0 Å². The molecule has 0 bridgehead atoms. The van der Waals surface area contributed by atoms with Crippen LogP contribution in [0.3, 0.4) is 0 Å². The van der Waals surface area contributed by atoms with Gasteiger partial charge < -0.3 is 18.9 Å². The van der Waals surface area contributed by atoms with E-state index in [1.54, 1.807) is 0 Å². The lowest BCUT2D eigenvalue weighted by molar-refractivity contribution is 0.659. The van der Waals surface area contributed by atoms with Crippen molar-refractivity contribution >= 4 is 88.0 Å². The summed E-state index contributed by atoms with van der Waals surface area (Å²) < 4.78 is 11.6. The topological polar surface area (TPSA) is 59.8 Å². The van der Waals surface area contributed by atoms with Crippen LogP contribution in [0.5, 0.6) is 0 Å². The van der Waals surface area contributed by atoms with Crippen molar-refractivity contribution in [1.29, 1.82) is 0 Å². The first-order valence-electron chi connectivity index (χ1n) is 22.8. The number of para-hydroxylation sites is 4. The molecule has 0 fully saturated rings. The van der Waals surface area contributed by atoms with E-state index in [-0.39, 0.29) is 0 Å². The zero-order valence-corrected chi connectivity index (χ0v) is 36.1. The van der Waals surface area contributed by atoms with Crippen molar-refractivity contribution in [3.8, 4) is 22.5 Å². The summed E-state index contributed by atoms with van der Waals surface area (Å²) in [5.41, 5.74) is 13.3. The number of benzene rings is 10. The van der Waals surface area contributed by atoms with Gasteiger partial charge >= 0.3 is 0 Å². The highest BCUT2D eigenvalue weighted by Crippen LogP contribution is 2.41. The van der Waals surface area contributed by atoms with Gasteiger partial charge in [-0.2, -0.15) is 0 Å². The van der Waals surface area contributed by atoms with Crippen LogP contribution < -0.4 is 5.32 Å². The number of amidine groups is 2. The third-order valence-electron chi connectivity index (χ3n) is 13.5. The fourth-order valence-corrected chi connectivity index (χ4v) is 10.5. The summed E-state index contributed by atoms with van der Waals surface area (Å²) in [6.45, 7) is 0. The summed E-state index contributed by atoms with van der Waals surface area (Å²) in [5.74, 6) is 1.33. The molecule has 0 radical (unpaired) electrons. The van der Waals surface area contributed by atoms with Gasteiger partial charge in [-0.3, -0.25) is 0 Å². The van der Waals surface area contributed by atoms with Crippen molar-refractivity contribution in [1.82, 2.24) is 14.5 Å². The maximum Gasteiger partial charge on any atom is 0.160 e. The number of aliphatic imine (C=N–C) groups is 2. The van der Waals surface area contributed by atoms with Crippen LogP contribution in [-0.4, -0.2) is 20.8 Å². The van der Waals surface area contributed by atoms with Gasteiger partial charge in [0.1, 0.15) is 23.2 Å². The molecule has 3 aromatic heterocycles. The molecule has 67 heavy (non-hydrogen) atoms. The molecule has 1 unspecified atom stereocenters. The van der Waals surface area contributed by atoms with E-state index in [0.29, 0.717) is 11.7 Å². The third-order valence-corrected chi connectivity index (χ3v) is 13.5. The third kappa shape index (κ3) is 5.90. The van der Waals surface area contributed by atoms with Gasteiger partial charge in [-0.1, -0.05) is 164 Å². The van der Waals surface area contributed by atoms with Crippen LogP contribution in [0.25, 0.3) is 98.8 Å². The number of fused-ring (bicyclic) bond motifs is 10. The Bertz CT molecular complexity index is 4180. The number of hydrogen-bond donors (Lipinski definition) is 1. The first-order chi connectivity index (χ1) is 33.2. The second-order valence-electron chi connectivity index (χ2n) is 17.4. The van der Waals surface area contributed by atoms with E-state index in [4.69, 9.17) is 14.4 Å². The van der Waals surface area contributed by atoms with E-state index >= 15 is 0 Å². The first kappa shape index (κ1) is 37.4. The van der Waals surface area contributed by atoms with Crippen molar-refractivity contribution in [2.24, 2.45) is 9.98 Å². The number of rotatable bonds is 6. The fourth-order valence-electron chi connectivity index (χ4n) is 10.5. The molecule has 1 aliphatic rings. The second kappa shape index (κ2) is 14.8. The normalized spacial score (nSPS) is 14.1. The maximum atomic E-state index is 6.90. The highest BCUT2D eigenvalue weighted by Gasteiger charge is 2.28. The Hall–Kier alpha value is -9.00. The summed E-state index contributed by atoms with van der Waals surface area (Å²) in [6.07, 6.45) is -0.465. The SMILES string of the molecule is c1ccc(-c2ccc(C3N=C(c4cccc5c4c4ccccc4n5-c4ccccc4)N=C(c4cc(-n5c6ccccc6c6cc7ccccc7cc65)cc5c4oc4ccccc45)N3)cc2)cc1. The molecule has 14 rings (SSSR count). The number of nitrogens with one attached hydrogen (secondary N) is 1. The molecule has 0 aliphatic carbocycles. The lowest BCUT2D eigenvalue weighted by Gasteiger charge is -2.24. The Morgan fingerprint density at radius 1 is 0.418 bits per heavy atom. The molecule has 6 heteroatoms. The largest absolute Gasteiger partial charge is 0.455 e. The lowest BCUT2D eigenvalue weighted by atomic mass is 10.0. The van der Waals surface area contributed by atoms with Gasteiger partial charge in [-0.25, -0.2) is 9.98 Å². The molecule has 0 spiro atoms. The average molecular weight is 858 g/mol. The predicted octanol–water partition coefficient (Wildman–Crippen LogP) is 15.1. The zero-order valence-electron chi connectivity index (χ0n) is 36.1. The highest BCUT2D eigenvalue weighted by molar-refractivity contribution is 6.25. The number of aromatic nitrogens is 2. The lowest BCUT2D eigenvalue weighted by Crippen LogP contribution is -2.33. The average Bonchev–Trinajstić information content (AvgIpc) is 4.06. The van der Waals surface area contributed by atoms with E-state index < -0.39 is 6.17 Å². The summed E-state index contributed by atoms with van der Waals surface area (Å²) in [5, 5.41) is 13.0. The minimum atomic E-state index is -0.465. The quantitative estimate of drug-likeness (QED) is 0.181. The second-order valence-corrected chi connectivity index (χ2v) is 17.4. The molecular formula is C61H39N5O. The highest BCUT2D eigenvalue weighted by atomic mass is 16.3. The Balaban J connectivity index is 1.03. The zero-order chi connectivity index (χ0) is 44.0. The number of hydrogen-bond acceptors (Lipinski definition) is 4. The molecule has 6 nitrogen and oxygen atoms in total. The first-order valence-corrected chi connectivity index (χ1v) is 22.8. The molecule has 1 atom stereocenters. The minimum Gasteiger partial charge on any atom is -0.455 e. The molecule has 0 saturated heterocycles. The molecule has 314 valence electrons. The van der Waals surface area contributed by atoms with E-state index in [2.05, 4.69) is 233 Å². The van der Waals surface area contributed by atoms with Gasteiger partial charge in [0.05, 0.1) is 27.6 Å². The molecule has 0 saturated carbocycles. The van der Waals surface area contributed by atoms with Crippen LogP contribution in [0.15, 0.2) is 239 Å².